The highest BCUT2D eigenvalue weighted by Gasteiger charge is 2.48. The standard InChI is InChI=1S/C32H37N7O7/c1-4-44-29(41)22-13-17(9-11-38-12-10-34-31(38)39-16-35-25-27(39)36-30(33)37-28(25)40)24-21(45-22)15-20-19(26(24)43-3)14-23(46-20)32(2,42)18-7-5-6-8-18/h9-10,12-13,15,18,23,31,34,42H,4-8,11,14,16H2,1-3H3,(H2,33,37,40)/p+2. The molecule has 1 aromatic rings. The van der Waals surface area contributed by atoms with Crippen molar-refractivity contribution in [1.82, 2.24) is 10.6 Å². The Balaban J connectivity index is 1.21. The molecule has 5 aliphatic heterocycles. The summed E-state index contributed by atoms with van der Waals surface area (Å²) in [7, 11) is 1.60. The van der Waals surface area contributed by atoms with E-state index in [-0.39, 0.29) is 36.2 Å². The zero-order valence-corrected chi connectivity index (χ0v) is 26.1. The minimum Gasteiger partial charge on any atom is -0.496 e. The highest BCUT2D eigenvalue weighted by Crippen LogP contribution is 2.51. The fraction of sp³-hybridized carbons (Fsp3) is 0.469. The normalized spacial score (nSPS) is 28.5. The molecule has 14 heteroatoms. The number of hydrogen-bond donors (Lipinski definition) is 6. The van der Waals surface area contributed by atoms with Crippen molar-refractivity contribution >= 4 is 35.0 Å². The van der Waals surface area contributed by atoms with Crippen molar-refractivity contribution in [3.05, 3.63) is 47.5 Å². The number of methoxy groups -OCH3 is 1. The minimum atomic E-state index is -1.01. The number of guanidine groups is 1. The number of amidine groups is 1. The van der Waals surface area contributed by atoms with Crippen molar-refractivity contribution in [2.45, 2.75) is 63.9 Å². The van der Waals surface area contributed by atoms with Gasteiger partial charge in [-0.15, -0.1) is 0 Å². The maximum atomic E-state index is 12.9. The van der Waals surface area contributed by atoms with Crippen LogP contribution in [0.3, 0.4) is 0 Å². The number of allylic oxidation sites excluding steroid dienone is 2. The minimum absolute atomic E-state index is 0.0426. The zero-order valence-electron chi connectivity index (χ0n) is 26.1. The van der Waals surface area contributed by atoms with E-state index in [4.69, 9.17) is 24.4 Å². The molecule has 1 amide bonds. The number of aliphatic hydroxyl groups is 1. The van der Waals surface area contributed by atoms with Crippen molar-refractivity contribution in [2.75, 3.05) is 26.9 Å². The number of hydrogen-bond acceptors (Lipinski definition) is 10. The Bertz CT molecular complexity index is 1650. The number of rotatable bonds is 8. The largest absolute Gasteiger partial charge is 0.496 e. The van der Waals surface area contributed by atoms with E-state index in [1.54, 1.807) is 26.2 Å². The topological polar surface area (TPSA) is 173 Å². The highest BCUT2D eigenvalue weighted by molar-refractivity contribution is 6.68. The van der Waals surface area contributed by atoms with Gasteiger partial charge in [0.2, 0.25) is 17.4 Å². The lowest BCUT2D eigenvalue weighted by Gasteiger charge is -2.35. The van der Waals surface area contributed by atoms with Crippen molar-refractivity contribution in [3.63, 3.8) is 0 Å². The number of quaternary nitrogens is 2. The molecule has 7 rings (SSSR count). The van der Waals surface area contributed by atoms with Crippen molar-refractivity contribution < 1.29 is 43.4 Å². The first-order chi connectivity index (χ1) is 22.2. The van der Waals surface area contributed by atoms with Crippen LogP contribution in [0, 0.1) is 11.3 Å². The molecule has 0 aromatic heterocycles. The molecule has 5 atom stereocenters. The number of esters is 1. The van der Waals surface area contributed by atoms with E-state index in [1.807, 2.05) is 25.4 Å². The molecule has 5 heterocycles. The van der Waals surface area contributed by atoms with E-state index < -0.39 is 23.6 Å². The molecule has 0 saturated heterocycles. The van der Waals surface area contributed by atoms with Gasteiger partial charge in [0.15, 0.2) is 6.67 Å². The van der Waals surface area contributed by atoms with Crippen LogP contribution in [-0.4, -0.2) is 79.4 Å². The third-order valence-electron chi connectivity index (χ3n) is 9.72. The van der Waals surface area contributed by atoms with Crippen LogP contribution in [0.1, 0.15) is 50.7 Å². The van der Waals surface area contributed by atoms with Crippen LogP contribution in [0.5, 0.6) is 17.2 Å². The number of benzene rings is 1. The Morgan fingerprint density at radius 3 is 2.87 bits per heavy atom. The second-order valence-corrected chi connectivity index (χ2v) is 12.4. The van der Waals surface area contributed by atoms with Gasteiger partial charge in [0, 0.05) is 18.1 Å². The molecular weight excluding hydrogens is 594 g/mol. The predicted molar refractivity (Wildman–Crippen MR) is 165 cm³/mol. The van der Waals surface area contributed by atoms with Crippen LogP contribution in [0.15, 0.2) is 46.4 Å². The van der Waals surface area contributed by atoms with Gasteiger partial charge in [-0.05, 0) is 50.3 Å². The number of nitrogens with zero attached hydrogens (tertiary/aromatic N) is 2. The predicted octanol–water partition coefficient (Wildman–Crippen LogP) is -0.834. The summed E-state index contributed by atoms with van der Waals surface area (Å²) in [6, 6.07) is 1.78. The summed E-state index contributed by atoms with van der Waals surface area (Å²) in [6.07, 6.45) is 11.4. The van der Waals surface area contributed by atoms with Crippen molar-refractivity contribution in [2.24, 2.45) is 15.9 Å². The average Bonchev–Trinajstić information content (AvgIpc) is 3.85. The summed E-state index contributed by atoms with van der Waals surface area (Å²) >= 11 is 0. The van der Waals surface area contributed by atoms with E-state index in [1.165, 1.54) is 0 Å². The van der Waals surface area contributed by atoms with Gasteiger partial charge in [-0.2, -0.15) is 9.89 Å². The van der Waals surface area contributed by atoms with Crippen molar-refractivity contribution in [1.29, 1.82) is 5.41 Å². The SMILES string of the molecule is CCOC(=O)C1=CC(=CC[NH+]2C=CNC2[NH+]2CN=C3C(=O)NC(=N)N=C32)c2c(cc3c(c2OC)CC(C(C)(O)C2CCCC2)O3)O1. The van der Waals surface area contributed by atoms with Gasteiger partial charge in [0.25, 0.3) is 11.7 Å². The second kappa shape index (κ2) is 11.7. The lowest BCUT2D eigenvalue weighted by Crippen LogP contribution is -3.36. The molecule has 242 valence electrons. The highest BCUT2D eigenvalue weighted by atomic mass is 16.6. The maximum absolute atomic E-state index is 12.9. The molecule has 14 nitrogen and oxygen atoms in total. The fourth-order valence-electron chi connectivity index (χ4n) is 7.33. The van der Waals surface area contributed by atoms with E-state index in [9.17, 15) is 14.7 Å². The quantitative estimate of drug-likeness (QED) is 0.201. The second-order valence-electron chi connectivity index (χ2n) is 12.4. The lowest BCUT2D eigenvalue weighted by molar-refractivity contribution is -1.05. The summed E-state index contributed by atoms with van der Waals surface area (Å²) < 4.78 is 23.8. The van der Waals surface area contributed by atoms with Crippen LogP contribution in [0.4, 0.5) is 0 Å². The monoisotopic (exact) mass is 633 g/mol. The molecule has 1 fully saturated rings. The Morgan fingerprint density at radius 1 is 1.30 bits per heavy atom. The van der Waals surface area contributed by atoms with Crippen LogP contribution in [0.2, 0.25) is 0 Å². The molecule has 0 radical (unpaired) electrons. The molecule has 5 unspecified atom stereocenters. The van der Waals surface area contributed by atoms with Crippen LogP contribution in [0.25, 0.3) is 5.57 Å². The number of amides is 1. The third-order valence-corrected chi connectivity index (χ3v) is 9.72. The molecule has 1 aliphatic carbocycles. The lowest BCUT2D eigenvalue weighted by atomic mass is 9.81. The number of fused-ring (bicyclic) bond motifs is 3. The zero-order chi connectivity index (χ0) is 32.2. The number of ether oxygens (including phenoxy) is 4. The fourth-order valence-corrected chi connectivity index (χ4v) is 7.33. The van der Waals surface area contributed by atoms with E-state index >= 15 is 0 Å². The summed E-state index contributed by atoms with van der Waals surface area (Å²) in [6.45, 7) is 4.57. The smallest absolute Gasteiger partial charge is 0.374 e. The van der Waals surface area contributed by atoms with E-state index in [0.29, 0.717) is 53.9 Å². The number of nitrogens with one attached hydrogen (secondary N) is 5. The first kappa shape index (κ1) is 30.1. The molecule has 0 bridgehead atoms. The van der Waals surface area contributed by atoms with Gasteiger partial charge >= 0.3 is 12.3 Å². The molecule has 6 N–H and O–H groups in total. The molecular formula is C32H39N7O7+2. The number of carbonyl (C=O) groups is 2. The van der Waals surface area contributed by atoms with Gasteiger partial charge < -0.3 is 24.1 Å². The maximum Gasteiger partial charge on any atom is 0.374 e. The first-order valence-electron chi connectivity index (χ1n) is 15.8. The van der Waals surface area contributed by atoms with Gasteiger partial charge in [0.1, 0.15) is 41.7 Å². The Hall–Kier alpha value is -4.53. The number of aliphatic imine (C=N–C) groups is 2. The van der Waals surface area contributed by atoms with Crippen LogP contribution >= 0.6 is 0 Å². The Labute approximate surface area is 265 Å². The molecule has 46 heavy (non-hydrogen) atoms. The molecule has 6 aliphatic rings. The third kappa shape index (κ3) is 5.06. The molecule has 1 saturated carbocycles. The van der Waals surface area contributed by atoms with Crippen LogP contribution in [-0.2, 0) is 20.7 Å². The van der Waals surface area contributed by atoms with Gasteiger partial charge in [-0.25, -0.2) is 14.7 Å². The summed E-state index contributed by atoms with van der Waals surface area (Å²) in [5, 5.41) is 25.3. The van der Waals surface area contributed by atoms with E-state index in [0.717, 1.165) is 41.0 Å². The van der Waals surface area contributed by atoms with Crippen LogP contribution < -0.4 is 34.6 Å². The average molecular weight is 634 g/mol. The van der Waals surface area contributed by atoms with Gasteiger partial charge in [-0.1, -0.05) is 12.8 Å². The summed E-state index contributed by atoms with van der Waals surface area (Å²) in [5.74, 6) is 0.960. The summed E-state index contributed by atoms with van der Waals surface area (Å²) in [4.78, 5) is 35.7. The van der Waals surface area contributed by atoms with Crippen molar-refractivity contribution in [3.8, 4) is 17.2 Å². The molecule has 1 aromatic carbocycles. The molecule has 0 spiro atoms. The van der Waals surface area contributed by atoms with Gasteiger partial charge in [0.05, 0.1) is 25.5 Å². The number of carbonyl (C=O) groups excluding carboxylic acids is 2. The Morgan fingerprint density at radius 2 is 2.11 bits per heavy atom. The first-order valence-corrected chi connectivity index (χ1v) is 15.8. The Kier molecular flexibility index (Phi) is 7.65. The summed E-state index contributed by atoms with van der Waals surface area (Å²) in [5.41, 5.74) is 1.48. The van der Waals surface area contributed by atoms with Gasteiger partial charge in [-0.3, -0.25) is 20.8 Å². The van der Waals surface area contributed by atoms with E-state index in [2.05, 4.69) is 20.6 Å².